The Morgan fingerprint density at radius 2 is 2.24 bits per heavy atom. The smallest absolute Gasteiger partial charge is 0.266 e. The van der Waals surface area contributed by atoms with Gasteiger partial charge in [0.15, 0.2) is 0 Å². The summed E-state index contributed by atoms with van der Waals surface area (Å²) in [5.74, 6) is 1.15. The molecule has 17 heavy (non-hydrogen) atoms. The van der Waals surface area contributed by atoms with Crippen LogP contribution < -0.4 is 0 Å². The molecule has 0 spiro atoms. The van der Waals surface area contributed by atoms with Gasteiger partial charge in [0, 0.05) is 25.9 Å². The Morgan fingerprint density at radius 3 is 2.76 bits per heavy atom. The second kappa shape index (κ2) is 5.46. The molecule has 2 aliphatic heterocycles. The van der Waals surface area contributed by atoms with Gasteiger partial charge in [0.2, 0.25) is 0 Å². The normalized spacial score (nSPS) is 25.8. The molecule has 2 fully saturated rings. The molecule has 0 aromatic rings. The number of allylic oxidation sites excluding steroid dienone is 2. The molecule has 0 unspecified atom stereocenters. The van der Waals surface area contributed by atoms with E-state index < -0.39 is 0 Å². The van der Waals surface area contributed by atoms with Gasteiger partial charge < -0.3 is 4.90 Å². The molecule has 2 heterocycles. The molecule has 0 aromatic heterocycles. The van der Waals surface area contributed by atoms with E-state index in [2.05, 4.69) is 11.9 Å². The summed E-state index contributed by atoms with van der Waals surface area (Å²) in [4.78, 5) is 16.5. The molecule has 0 aromatic carbocycles. The second-order valence-electron chi connectivity index (χ2n) is 3.72. The second-order valence-corrected chi connectivity index (χ2v) is 6.51. The monoisotopic (exact) mass is 286 g/mol. The Kier molecular flexibility index (Phi) is 4.17. The van der Waals surface area contributed by atoms with E-state index in [0.29, 0.717) is 10.9 Å². The fourth-order valence-corrected chi connectivity index (χ4v) is 3.99. The van der Waals surface area contributed by atoms with Crippen LogP contribution in [0.4, 0.5) is 0 Å². The summed E-state index contributed by atoms with van der Waals surface area (Å²) in [5.41, 5.74) is 0. The van der Waals surface area contributed by atoms with E-state index in [9.17, 15) is 4.79 Å². The number of likely N-dealkylation sites (N-methyl/N-ethyl adjacent to an activating group) is 1. The first-order chi connectivity index (χ1) is 8.13. The fourth-order valence-electron chi connectivity index (χ4n) is 1.62. The summed E-state index contributed by atoms with van der Waals surface area (Å²) < 4.78 is 0.662. The molecule has 92 valence electrons. The number of rotatable bonds is 2. The third-order valence-electron chi connectivity index (χ3n) is 2.62. The van der Waals surface area contributed by atoms with E-state index in [1.54, 1.807) is 4.90 Å². The highest BCUT2D eigenvalue weighted by atomic mass is 32.2. The lowest BCUT2D eigenvalue weighted by atomic mass is 10.4. The number of amides is 1. The first-order valence-corrected chi connectivity index (χ1v) is 7.64. The number of thiocarbonyl (C=S) groups is 1. The van der Waals surface area contributed by atoms with Gasteiger partial charge in [-0.3, -0.25) is 9.69 Å². The minimum atomic E-state index is 0.0324. The molecule has 2 aliphatic rings. The van der Waals surface area contributed by atoms with Gasteiger partial charge >= 0.3 is 0 Å². The highest BCUT2D eigenvalue weighted by Crippen LogP contribution is 2.32. The average Bonchev–Trinajstić information content (AvgIpc) is 2.81. The summed E-state index contributed by atoms with van der Waals surface area (Å²) in [7, 11) is 2.07. The topological polar surface area (TPSA) is 23.6 Å². The van der Waals surface area contributed by atoms with Gasteiger partial charge in [0.1, 0.15) is 4.32 Å². The summed E-state index contributed by atoms with van der Waals surface area (Å²) in [6.45, 7) is 3.65. The van der Waals surface area contributed by atoms with Crippen molar-refractivity contribution in [3.8, 4) is 0 Å². The molecule has 2 rings (SSSR count). The van der Waals surface area contributed by atoms with Gasteiger partial charge in [-0.1, -0.05) is 24.0 Å². The van der Waals surface area contributed by atoms with Gasteiger partial charge in [-0.05, 0) is 19.1 Å². The third kappa shape index (κ3) is 2.69. The van der Waals surface area contributed by atoms with Crippen molar-refractivity contribution in [1.29, 1.82) is 0 Å². The molecule has 6 heteroatoms. The lowest BCUT2D eigenvalue weighted by Gasteiger charge is -2.10. The molecule has 0 atom stereocenters. The van der Waals surface area contributed by atoms with Gasteiger partial charge in [0.05, 0.1) is 9.93 Å². The van der Waals surface area contributed by atoms with Crippen LogP contribution >= 0.6 is 35.7 Å². The molecular formula is C11H14N2OS3. The van der Waals surface area contributed by atoms with Crippen LogP contribution in [0.15, 0.2) is 22.1 Å². The maximum Gasteiger partial charge on any atom is 0.266 e. The van der Waals surface area contributed by atoms with E-state index in [0.717, 1.165) is 17.2 Å². The summed E-state index contributed by atoms with van der Waals surface area (Å²) in [6, 6.07) is 0. The SMILES string of the molecule is CCN1C(=O)/C(=C/C=C2\SCCN2C)SC1=S. The van der Waals surface area contributed by atoms with E-state index in [-0.39, 0.29) is 5.91 Å². The van der Waals surface area contributed by atoms with Crippen molar-refractivity contribution in [3.05, 3.63) is 22.1 Å². The molecule has 1 amide bonds. The number of thioether (sulfide) groups is 2. The molecular weight excluding hydrogens is 272 g/mol. The maximum absolute atomic E-state index is 11.9. The van der Waals surface area contributed by atoms with E-state index in [1.807, 2.05) is 30.8 Å². The predicted octanol–water partition coefficient (Wildman–Crippen LogP) is 2.27. The lowest BCUT2D eigenvalue weighted by Crippen LogP contribution is -2.27. The number of carbonyl (C=O) groups excluding carboxylic acids is 1. The van der Waals surface area contributed by atoms with Crippen LogP contribution in [0.1, 0.15) is 6.92 Å². The highest BCUT2D eigenvalue weighted by molar-refractivity contribution is 8.26. The quantitative estimate of drug-likeness (QED) is 0.572. The summed E-state index contributed by atoms with van der Waals surface area (Å²) in [6.07, 6.45) is 3.90. The Balaban J connectivity index is 2.13. The van der Waals surface area contributed by atoms with Gasteiger partial charge in [0.25, 0.3) is 5.91 Å². The Labute approximate surface area is 115 Å². The maximum atomic E-state index is 11.9. The summed E-state index contributed by atoms with van der Waals surface area (Å²) >= 11 is 8.36. The number of hydrogen-bond acceptors (Lipinski definition) is 5. The van der Waals surface area contributed by atoms with Crippen LogP contribution in [-0.2, 0) is 4.79 Å². The van der Waals surface area contributed by atoms with Crippen LogP contribution in [0.5, 0.6) is 0 Å². The Morgan fingerprint density at radius 1 is 1.47 bits per heavy atom. The zero-order valence-electron chi connectivity index (χ0n) is 9.80. The minimum absolute atomic E-state index is 0.0324. The minimum Gasteiger partial charge on any atom is -0.369 e. The van der Waals surface area contributed by atoms with Crippen molar-refractivity contribution in [2.75, 3.05) is 25.9 Å². The number of carbonyl (C=O) groups is 1. The van der Waals surface area contributed by atoms with Crippen molar-refractivity contribution in [1.82, 2.24) is 9.80 Å². The molecule has 0 aliphatic carbocycles. The summed E-state index contributed by atoms with van der Waals surface area (Å²) in [5, 5.41) is 1.21. The van der Waals surface area contributed by atoms with Crippen LogP contribution in [0, 0.1) is 0 Å². The molecule has 3 nitrogen and oxygen atoms in total. The van der Waals surface area contributed by atoms with E-state index >= 15 is 0 Å². The van der Waals surface area contributed by atoms with Gasteiger partial charge in [-0.25, -0.2) is 0 Å². The average molecular weight is 286 g/mol. The van der Waals surface area contributed by atoms with Crippen molar-refractivity contribution < 1.29 is 4.79 Å². The molecule has 0 N–H and O–H groups in total. The third-order valence-corrected chi connectivity index (χ3v) is 5.15. The van der Waals surface area contributed by atoms with Crippen molar-refractivity contribution in [2.24, 2.45) is 0 Å². The van der Waals surface area contributed by atoms with Crippen molar-refractivity contribution in [2.45, 2.75) is 6.92 Å². The molecule has 0 radical (unpaired) electrons. The molecule has 2 saturated heterocycles. The van der Waals surface area contributed by atoms with Crippen LogP contribution in [0.3, 0.4) is 0 Å². The Bertz CT molecular complexity index is 417. The molecule has 0 bridgehead atoms. The van der Waals surface area contributed by atoms with Crippen LogP contribution in [0.2, 0.25) is 0 Å². The fraction of sp³-hybridized carbons (Fsp3) is 0.455. The van der Waals surface area contributed by atoms with E-state index in [4.69, 9.17) is 12.2 Å². The van der Waals surface area contributed by atoms with Crippen LogP contribution in [-0.4, -0.2) is 45.9 Å². The highest BCUT2D eigenvalue weighted by Gasteiger charge is 2.30. The predicted molar refractivity (Wildman–Crippen MR) is 78.8 cm³/mol. The number of nitrogens with zero attached hydrogens (tertiary/aromatic N) is 2. The van der Waals surface area contributed by atoms with Gasteiger partial charge in [-0.2, -0.15) is 0 Å². The zero-order valence-corrected chi connectivity index (χ0v) is 12.3. The lowest BCUT2D eigenvalue weighted by molar-refractivity contribution is -0.122. The zero-order chi connectivity index (χ0) is 12.4. The number of hydrogen-bond donors (Lipinski definition) is 0. The van der Waals surface area contributed by atoms with Gasteiger partial charge in [-0.15, -0.1) is 11.8 Å². The molecule has 0 saturated carbocycles. The van der Waals surface area contributed by atoms with Crippen molar-refractivity contribution in [3.63, 3.8) is 0 Å². The standard InChI is InChI=1S/C11H14N2OS3/c1-3-13-10(14)8(17-11(13)15)4-5-9-12(2)6-7-16-9/h4-5H,3,6-7H2,1-2H3/b8-4-,9-5-. The first kappa shape index (κ1) is 13.0. The van der Waals surface area contributed by atoms with E-state index in [1.165, 1.54) is 16.8 Å². The largest absolute Gasteiger partial charge is 0.369 e. The van der Waals surface area contributed by atoms with Crippen molar-refractivity contribution >= 4 is 46.0 Å². The first-order valence-electron chi connectivity index (χ1n) is 5.43. The van der Waals surface area contributed by atoms with Crippen LogP contribution in [0.25, 0.3) is 0 Å². The Hall–Kier alpha value is -0.460.